The van der Waals surface area contributed by atoms with Crippen LogP contribution in [-0.2, 0) is 5.88 Å². The molecule has 14 heavy (non-hydrogen) atoms. The first-order chi connectivity index (χ1) is 6.77. The SMILES string of the molecule is COc1ccc(CCl)c2c(I)csc12. The van der Waals surface area contributed by atoms with E-state index in [4.69, 9.17) is 16.3 Å². The second-order valence-electron chi connectivity index (χ2n) is 2.85. The van der Waals surface area contributed by atoms with Crippen molar-refractivity contribution in [3.05, 3.63) is 26.6 Å². The van der Waals surface area contributed by atoms with E-state index in [9.17, 15) is 0 Å². The number of ether oxygens (including phenoxy) is 1. The normalized spacial score (nSPS) is 10.8. The summed E-state index contributed by atoms with van der Waals surface area (Å²) in [6, 6.07) is 4.01. The van der Waals surface area contributed by atoms with Crippen molar-refractivity contribution in [3.8, 4) is 5.75 Å². The molecule has 4 heteroatoms. The summed E-state index contributed by atoms with van der Waals surface area (Å²) in [5.74, 6) is 1.48. The molecule has 0 bridgehead atoms. The van der Waals surface area contributed by atoms with E-state index in [0.29, 0.717) is 5.88 Å². The third kappa shape index (κ3) is 1.61. The number of alkyl halides is 1. The summed E-state index contributed by atoms with van der Waals surface area (Å²) in [5, 5.41) is 3.37. The van der Waals surface area contributed by atoms with E-state index < -0.39 is 0 Å². The van der Waals surface area contributed by atoms with Gasteiger partial charge in [-0.1, -0.05) is 6.07 Å². The van der Waals surface area contributed by atoms with Gasteiger partial charge in [-0.25, -0.2) is 0 Å². The molecule has 0 aliphatic heterocycles. The van der Waals surface area contributed by atoms with Gasteiger partial charge in [-0.15, -0.1) is 22.9 Å². The van der Waals surface area contributed by atoms with Crippen molar-refractivity contribution in [2.45, 2.75) is 5.88 Å². The molecule has 0 saturated heterocycles. The first-order valence-electron chi connectivity index (χ1n) is 4.06. The van der Waals surface area contributed by atoms with Gasteiger partial charge in [0.25, 0.3) is 0 Å². The zero-order valence-electron chi connectivity index (χ0n) is 7.51. The number of hydrogen-bond donors (Lipinski definition) is 0. The Labute approximate surface area is 105 Å². The number of rotatable bonds is 2. The van der Waals surface area contributed by atoms with Crippen LogP contribution in [0.5, 0.6) is 5.75 Å². The Kier molecular flexibility index (Phi) is 3.19. The minimum Gasteiger partial charge on any atom is -0.495 e. The van der Waals surface area contributed by atoms with Crippen LogP contribution in [0.25, 0.3) is 10.1 Å². The molecule has 0 spiro atoms. The van der Waals surface area contributed by atoms with Crippen LogP contribution in [0.2, 0.25) is 0 Å². The Morgan fingerprint density at radius 2 is 2.29 bits per heavy atom. The lowest BCUT2D eigenvalue weighted by Gasteiger charge is -2.04. The Bertz CT molecular complexity index is 466. The fourth-order valence-electron chi connectivity index (χ4n) is 1.42. The fraction of sp³-hybridized carbons (Fsp3) is 0.200. The third-order valence-corrected chi connectivity index (χ3v) is 4.65. The standard InChI is InChI=1S/C10H8ClIOS/c1-13-8-3-2-6(4-11)9-7(12)5-14-10(8)9/h2-3,5H,4H2,1H3. The smallest absolute Gasteiger partial charge is 0.136 e. The molecule has 0 atom stereocenters. The molecule has 1 heterocycles. The van der Waals surface area contributed by atoms with Gasteiger partial charge in [0.05, 0.1) is 11.8 Å². The summed E-state index contributed by atoms with van der Waals surface area (Å²) in [6.07, 6.45) is 0. The van der Waals surface area contributed by atoms with Crippen LogP contribution in [0.1, 0.15) is 5.56 Å². The molecule has 2 rings (SSSR count). The Morgan fingerprint density at radius 1 is 1.50 bits per heavy atom. The maximum atomic E-state index is 5.89. The number of methoxy groups -OCH3 is 1. The first kappa shape index (κ1) is 10.5. The van der Waals surface area contributed by atoms with Gasteiger partial charge in [0, 0.05) is 20.2 Å². The zero-order valence-corrected chi connectivity index (χ0v) is 11.2. The number of halogens is 2. The molecule has 2 aromatic rings. The van der Waals surface area contributed by atoms with Gasteiger partial charge < -0.3 is 4.74 Å². The maximum Gasteiger partial charge on any atom is 0.136 e. The number of fused-ring (bicyclic) bond motifs is 1. The van der Waals surface area contributed by atoms with Gasteiger partial charge >= 0.3 is 0 Å². The minimum atomic E-state index is 0.549. The van der Waals surface area contributed by atoms with E-state index in [1.807, 2.05) is 12.1 Å². The predicted octanol–water partition coefficient (Wildman–Crippen LogP) is 4.25. The number of thiophene rings is 1. The molecule has 1 aromatic carbocycles. The van der Waals surface area contributed by atoms with Crippen molar-refractivity contribution in [3.63, 3.8) is 0 Å². The maximum absolute atomic E-state index is 5.89. The van der Waals surface area contributed by atoms with Crippen molar-refractivity contribution >= 4 is 55.6 Å². The van der Waals surface area contributed by atoms with Gasteiger partial charge in [0.2, 0.25) is 0 Å². The highest BCUT2D eigenvalue weighted by atomic mass is 127. The Balaban J connectivity index is 2.81. The lowest BCUT2D eigenvalue weighted by Crippen LogP contribution is -1.86. The average molecular weight is 339 g/mol. The largest absolute Gasteiger partial charge is 0.495 e. The summed E-state index contributed by atoms with van der Waals surface area (Å²) in [4.78, 5) is 0. The monoisotopic (exact) mass is 338 g/mol. The summed E-state index contributed by atoms with van der Waals surface area (Å²) < 4.78 is 7.74. The molecule has 0 aliphatic rings. The van der Waals surface area contributed by atoms with E-state index in [-0.39, 0.29) is 0 Å². The predicted molar refractivity (Wildman–Crippen MR) is 70.7 cm³/mol. The lowest BCUT2D eigenvalue weighted by molar-refractivity contribution is 0.420. The molecule has 1 aromatic heterocycles. The van der Waals surface area contributed by atoms with Gasteiger partial charge in [-0.05, 0) is 34.2 Å². The van der Waals surface area contributed by atoms with Crippen LogP contribution < -0.4 is 4.74 Å². The molecule has 0 amide bonds. The van der Waals surface area contributed by atoms with Crippen molar-refractivity contribution < 1.29 is 4.74 Å². The second-order valence-corrected chi connectivity index (χ2v) is 5.16. The summed E-state index contributed by atoms with van der Waals surface area (Å²) in [6.45, 7) is 0. The van der Waals surface area contributed by atoms with Crippen molar-refractivity contribution in [2.24, 2.45) is 0 Å². The molecule has 74 valence electrons. The quantitative estimate of drug-likeness (QED) is 0.587. The van der Waals surface area contributed by atoms with E-state index in [1.54, 1.807) is 18.4 Å². The topological polar surface area (TPSA) is 9.23 Å². The summed E-state index contributed by atoms with van der Waals surface area (Å²) in [7, 11) is 1.70. The molecule has 0 fully saturated rings. The van der Waals surface area contributed by atoms with E-state index in [2.05, 4.69) is 28.0 Å². The van der Waals surface area contributed by atoms with Crippen LogP contribution in [0, 0.1) is 3.57 Å². The molecular formula is C10H8ClIOS. The van der Waals surface area contributed by atoms with E-state index in [1.165, 1.54) is 19.2 Å². The third-order valence-electron chi connectivity index (χ3n) is 2.09. The number of benzene rings is 1. The second kappa shape index (κ2) is 4.24. The highest BCUT2D eigenvalue weighted by molar-refractivity contribution is 14.1. The first-order valence-corrected chi connectivity index (χ1v) is 6.55. The zero-order chi connectivity index (χ0) is 10.1. The van der Waals surface area contributed by atoms with Gasteiger partial charge in [0.1, 0.15) is 5.75 Å². The fourth-order valence-corrected chi connectivity index (χ4v) is 3.79. The highest BCUT2D eigenvalue weighted by Crippen LogP contribution is 2.37. The molecule has 1 nitrogen and oxygen atoms in total. The minimum absolute atomic E-state index is 0.549. The highest BCUT2D eigenvalue weighted by Gasteiger charge is 2.10. The average Bonchev–Trinajstić information content (AvgIpc) is 2.60. The van der Waals surface area contributed by atoms with Crippen LogP contribution in [0.15, 0.2) is 17.5 Å². The molecule has 0 radical (unpaired) electrons. The Morgan fingerprint density at radius 3 is 2.93 bits per heavy atom. The summed E-state index contributed by atoms with van der Waals surface area (Å²) >= 11 is 9.93. The van der Waals surface area contributed by atoms with Gasteiger partial charge in [-0.3, -0.25) is 0 Å². The van der Waals surface area contributed by atoms with Crippen LogP contribution in [0.3, 0.4) is 0 Å². The molecule has 0 aliphatic carbocycles. The van der Waals surface area contributed by atoms with Crippen molar-refractivity contribution in [2.75, 3.05) is 7.11 Å². The molecular weight excluding hydrogens is 331 g/mol. The van der Waals surface area contributed by atoms with Crippen LogP contribution in [-0.4, -0.2) is 7.11 Å². The molecule has 0 N–H and O–H groups in total. The lowest BCUT2D eigenvalue weighted by atomic mass is 10.1. The van der Waals surface area contributed by atoms with Gasteiger partial charge in [-0.2, -0.15) is 0 Å². The van der Waals surface area contributed by atoms with Crippen LogP contribution in [0.4, 0.5) is 0 Å². The van der Waals surface area contributed by atoms with Gasteiger partial charge in [0.15, 0.2) is 0 Å². The van der Waals surface area contributed by atoms with Crippen molar-refractivity contribution in [1.29, 1.82) is 0 Å². The van der Waals surface area contributed by atoms with E-state index >= 15 is 0 Å². The molecule has 0 saturated carbocycles. The summed E-state index contributed by atoms with van der Waals surface area (Å²) in [5.41, 5.74) is 1.17. The van der Waals surface area contributed by atoms with E-state index in [0.717, 1.165) is 5.75 Å². The number of hydrogen-bond acceptors (Lipinski definition) is 2. The molecule has 0 unspecified atom stereocenters. The van der Waals surface area contributed by atoms with Crippen molar-refractivity contribution in [1.82, 2.24) is 0 Å². The van der Waals surface area contributed by atoms with Crippen LogP contribution >= 0.6 is 45.5 Å². The Hall–Kier alpha value is -0.0000000000000000833.